The third kappa shape index (κ3) is 3.49. The number of rotatable bonds is 5. The highest BCUT2D eigenvalue weighted by atomic mass is 19.1. The second-order valence-electron chi connectivity index (χ2n) is 6.51. The van der Waals surface area contributed by atoms with E-state index in [9.17, 15) is 4.39 Å². The van der Waals surface area contributed by atoms with Crippen molar-refractivity contribution in [3.05, 3.63) is 54.0 Å². The third-order valence-electron chi connectivity index (χ3n) is 4.81. The summed E-state index contributed by atoms with van der Waals surface area (Å²) in [7, 11) is 0. The first-order valence-electron chi connectivity index (χ1n) is 8.68. The Hall–Kier alpha value is -2.46. The highest BCUT2D eigenvalue weighted by molar-refractivity contribution is 5.96. The summed E-state index contributed by atoms with van der Waals surface area (Å²) in [4.78, 5) is 7.92. The van der Waals surface area contributed by atoms with Gasteiger partial charge in [-0.15, -0.1) is 0 Å². The van der Waals surface area contributed by atoms with Crippen molar-refractivity contribution in [2.45, 2.75) is 27.2 Å². The molecule has 0 bridgehead atoms. The van der Waals surface area contributed by atoms with Crippen LogP contribution in [0.5, 0.6) is 0 Å². The van der Waals surface area contributed by atoms with Crippen LogP contribution in [0.2, 0.25) is 0 Å². The summed E-state index contributed by atoms with van der Waals surface area (Å²) >= 11 is 0. The van der Waals surface area contributed by atoms with Crippen molar-refractivity contribution in [2.75, 3.05) is 6.54 Å². The molecule has 4 heteroatoms. The molecular formula is C21H24FN3. The number of hydrogen-bond acceptors (Lipinski definition) is 2. The fraction of sp³-hybridized carbons (Fsp3) is 0.286. The lowest BCUT2D eigenvalue weighted by molar-refractivity contribution is 0.629. The Kier molecular flexibility index (Phi) is 5.00. The van der Waals surface area contributed by atoms with E-state index in [4.69, 9.17) is 10.7 Å². The van der Waals surface area contributed by atoms with Crippen molar-refractivity contribution >= 4 is 22.3 Å². The minimum absolute atomic E-state index is 0.235. The van der Waals surface area contributed by atoms with Crippen LogP contribution in [-0.4, -0.2) is 17.2 Å². The van der Waals surface area contributed by atoms with Gasteiger partial charge in [-0.2, -0.15) is 0 Å². The molecule has 0 aliphatic rings. The zero-order chi connectivity index (χ0) is 18.0. The van der Waals surface area contributed by atoms with E-state index in [1.54, 1.807) is 0 Å². The molecule has 130 valence electrons. The predicted octanol–water partition coefficient (Wildman–Crippen LogP) is 5.36. The van der Waals surface area contributed by atoms with Gasteiger partial charge >= 0.3 is 0 Å². The molecule has 1 unspecified atom stereocenters. The van der Waals surface area contributed by atoms with E-state index >= 15 is 0 Å². The smallest absolute Gasteiger partial charge is 0.125 e. The standard InChI is InChI=1S/C21H24FN3/c1-4-13(2)21(11-23)25-19-8-5-15(9-14(19)3)18-12-24-20-10-16(22)6-7-17(18)20/h5-10,12-13,24H,4,11,23H2,1-3H3. The second-order valence-corrected chi connectivity index (χ2v) is 6.51. The van der Waals surface area contributed by atoms with E-state index in [2.05, 4.69) is 37.9 Å². The summed E-state index contributed by atoms with van der Waals surface area (Å²) in [5.74, 6) is 0.147. The van der Waals surface area contributed by atoms with Gasteiger partial charge in [0.1, 0.15) is 5.82 Å². The van der Waals surface area contributed by atoms with Crippen molar-refractivity contribution in [3.63, 3.8) is 0 Å². The molecule has 1 heterocycles. The lowest BCUT2D eigenvalue weighted by atomic mass is 10.0. The summed E-state index contributed by atoms with van der Waals surface area (Å²) in [6.07, 6.45) is 2.95. The first-order chi connectivity index (χ1) is 12.0. The summed E-state index contributed by atoms with van der Waals surface area (Å²) < 4.78 is 13.4. The van der Waals surface area contributed by atoms with Gasteiger partial charge in [0.25, 0.3) is 0 Å². The first-order valence-corrected chi connectivity index (χ1v) is 8.68. The van der Waals surface area contributed by atoms with Crippen molar-refractivity contribution in [3.8, 4) is 11.1 Å². The number of hydrogen-bond donors (Lipinski definition) is 2. The number of nitrogens with two attached hydrogens (primary N) is 1. The first kappa shape index (κ1) is 17.4. The molecule has 0 radical (unpaired) electrons. The van der Waals surface area contributed by atoms with Crippen molar-refractivity contribution in [1.82, 2.24) is 4.98 Å². The Labute approximate surface area is 147 Å². The van der Waals surface area contributed by atoms with Crippen molar-refractivity contribution in [2.24, 2.45) is 16.6 Å². The maximum Gasteiger partial charge on any atom is 0.125 e. The van der Waals surface area contributed by atoms with Crippen LogP contribution in [-0.2, 0) is 0 Å². The van der Waals surface area contributed by atoms with E-state index in [1.165, 1.54) is 12.1 Å². The van der Waals surface area contributed by atoms with Gasteiger partial charge in [-0.05, 0) is 60.7 Å². The SMILES string of the molecule is CCC(C)C(CN)=Nc1ccc(-c2c[nH]c3cc(F)ccc23)cc1C. The van der Waals surface area contributed by atoms with Gasteiger partial charge in [0.15, 0.2) is 0 Å². The fourth-order valence-corrected chi connectivity index (χ4v) is 3.03. The minimum Gasteiger partial charge on any atom is -0.360 e. The Balaban J connectivity index is 2.00. The molecule has 0 saturated carbocycles. The molecule has 1 aromatic heterocycles. The van der Waals surface area contributed by atoms with Crippen LogP contribution in [0.1, 0.15) is 25.8 Å². The monoisotopic (exact) mass is 337 g/mol. The fourth-order valence-electron chi connectivity index (χ4n) is 3.03. The molecule has 0 spiro atoms. The predicted molar refractivity (Wildman–Crippen MR) is 104 cm³/mol. The average molecular weight is 337 g/mol. The zero-order valence-electron chi connectivity index (χ0n) is 14.9. The van der Waals surface area contributed by atoms with Gasteiger partial charge < -0.3 is 10.7 Å². The number of H-pyrrole nitrogens is 1. The normalized spacial score (nSPS) is 13.4. The Morgan fingerprint density at radius 1 is 1.24 bits per heavy atom. The zero-order valence-corrected chi connectivity index (χ0v) is 14.9. The van der Waals surface area contributed by atoms with E-state index < -0.39 is 0 Å². The molecule has 25 heavy (non-hydrogen) atoms. The lowest BCUT2D eigenvalue weighted by Crippen LogP contribution is -2.20. The van der Waals surface area contributed by atoms with Gasteiger partial charge in [0.2, 0.25) is 0 Å². The van der Waals surface area contributed by atoms with Crippen LogP contribution in [0, 0.1) is 18.7 Å². The third-order valence-corrected chi connectivity index (χ3v) is 4.81. The average Bonchev–Trinajstić information content (AvgIpc) is 3.03. The van der Waals surface area contributed by atoms with Gasteiger partial charge in [0.05, 0.1) is 5.69 Å². The molecule has 0 amide bonds. The van der Waals surface area contributed by atoms with E-state index in [0.29, 0.717) is 12.5 Å². The van der Waals surface area contributed by atoms with Gasteiger partial charge in [-0.1, -0.05) is 19.9 Å². The quantitative estimate of drug-likeness (QED) is 0.605. The topological polar surface area (TPSA) is 54.2 Å². The van der Waals surface area contributed by atoms with Crippen LogP contribution in [0.4, 0.5) is 10.1 Å². The Bertz CT molecular complexity index is 924. The molecule has 0 fully saturated rings. The van der Waals surface area contributed by atoms with Crippen LogP contribution in [0.3, 0.4) is 0 Å². The maximum atomic E-state index is 13.4. The highest BCUT2D eigenvalue weighted by Crippen LogP contribution is 2.32. The molecule has 0 aliphatic heterocycles. The molecule has 3 nitrogen and oxygen atoms in total. The summed E-state index contributed by atoms with van der Waals surface area (Å²) in [5.41, 5.74) is 11.9. The van der Waals surface area contributed by atoms with Crippen LogP contribution >= 0.6 is 0 Å². The van der Waals surface area contributed by atoms with Crippen molar-refractivity contribution in [1.29, 1.82) is 0 Å². The molecule has 0 aliphatic carbocycles. The summed E-state index contributed by atoms with van der Waals surface area (Å²) in [5, 5.41) is 1.01. The highest BCUT2D eigenvalue weighted by Gasteiger charge is 2.10. The number of benzene rings is 2. The Morgan fingerprint density at radius 3 is 2.72 bits per heavy atom. The number of nitrogens with zero attached hydrogens (tertiary/aromatic N) is 1. The van der Waals surface area contributed by atoms with Crippen LogP contribution in [0.15, 0.2) is 47.6 Å². The van der Waals surface area contributed by atoms with Gasteiger partial charge in [-0.25, -0.2) is 4.39 Å². The van der Waals surface area contributed by atoms with Crippen LogP contribution < -0.4 is 5.73 Å². The van der Waals surface area contributed by atoms with Gasteiger partial charge in [-0.3, -0.25) is 4.99 Å². The number of aromatic amines is 1. The Morgan fingerprint density at radius 2 is 2.04 bits per heavy atom. The number of aryl methyl sites for hydroxylation is 1. The molecule has 1 atom stereocenters. The number of aromatic nitrogens is 1. The summed E-state index contributed by atoms with van der Waals surface area (Å²) in [6.45, 7) is 6.83. The molecule has 2 aromatic carbocycles. The van der Waals surface area contributed by atoms with Crippen LogP contribution in [0.25, 0.3) is 22.0 Å². The molecular weight excluding hydrogens is 313 g/mol. The molecule has 0 saturated heterocycles. The molecule has 3 N–H and O–H groups in total. The van der Waals surface area contributed by atoms with E-state index in [0.717, 1.165) is 45.4 Å². The largest absolute Gasteiger partial charge is 0.360 e. The van der Waals surface area contributed by atoms with Crippen molar-refractivity contribution < 1.29 is 4.39 Å². The second kappa shape index (κ2) is 7.19. The molecule has 3 aromatic rings. The lowest BCUT2D eigenvalue weighted by Gasteiger charge is -2.12. The number of halogens is 1. The number of nitrogens with one attached hydrogen (secondary N) is 1. The maximum absolute atomic E-state index is 13.4. The van der Waals surface area contributed by atoms with E-state index in [1.807, 2.05) is 18.3 Å². The van der Waals surface area contributed by atoms with E-state index in [-0.39, 0.29) is 5.82 Å². The van der Waals surface area contributed by atoms with Gasteiger partial charge in [0, 0.05) is 34.9 Å². The number of aliphatic imine (C=N–C) groups is 1. The minimum atomic E-state index is -0.235. The molecule has 3 rings (SSSR count). The summed E-state index contributed by atoms with van der Waals surface area (Å²) in [6, 6.07) is 11.0. The number of fused-ring (bicyclic) bond motifs is 1.